The highest BCUT2D eigenvalue weighted by Gasteiger charge is 2.37. The SMILES string of the molecule is CCc1c(Cl)nc2ncnn2c1N[C@@H](C)C(F)(F)F. The molecule has 0 spiro atoms. The molecule has 1 N–H and O–H groups in total. The van der Waals surface area contributed by atoms with E-state index in [1.807, 2.05) is 0 Å². The highest BCUT2D eigenvalue weighted by molar-refractivity contribution is 6.30. The van der Waals surface area contributed by atoms with Gasteiger partial charge >= 0.3 is 6.18 Å². The molecular formula is C10H11ClF3N5. The van der Waals surface area contributed by atoms with Gasteiger partial charge in [0.15, 0.2) is 0 Å². The van der Waals surface area contributed by atoms with Crippen molar-refractivity contribution in [2.24, 2.45) is 0 Å². The molecule has 2 aromatic heterocycles. The summed E-state index contributed by atoms with van der Waals surface area (Å²) in [6, 6.07) is -1.73. The average Bonchev–Trinajstić information content (AvgIpc) is 2.75. The molecule has 104 valence electrons. The van der Waals surface area contributed by atoms with Gasteiger partial charge in [-0.25, -0.2) is 0 Å². The van der Waals surface area contributed by atoms with E-state index >= 15 is 0 Å². The summed E-state index contributed by atoms with van der Waals surface area (Å²) >= 11 is 5.95. The highest BCUT2D eigenvalue weighted by Crippen LogP contribution is 2.28. The van der Waals surface area contributed by atoms with Crippen LogP contribution >= 0.6 is 11.6 Å². The average molecular weight is 294 g/mol. The number of anilines is 1. The Morgan fingerprint density at radius 2 is 2.16 bits per heavy atom. The van der Waals surface area contributed by atoms with Crippen LogP contribution in [0.3, 0.4) is 0 Å². The number of fused-ring (bicyclic) bond motifs is 1. The summed E-state index contributed by atoms with van der Waals surface area (Å²) in [6.45, 7) is 2.80. The predicted molar refractivity (Wildman–Crippen MR) is 64.3 cm³/mol. The number of halogens is 4. The molecule has 0 saturated carbocycles. The van der Waals surface area contributed by atoms with Crippen LogP contribution in [-0.4, -0.2) is 31.8 Å². The van der Waals surface area contributed by atoms with Gasteiger partial charge in [0, 0.05) is 5.56 Å². The van der Waals surface area contributed by atoms with Crippen LogP contribution in [0.1, 0.15) is 19.4 Å². The molecule has 0 aliphatic carbocycles. The Morgan fingerprint density at radius 1 is 1.47 bits per heavy atom. The molecule has 9 heteroatoms. The highest BCUT2D eigenvalue weighted by atomic mass is 35.5. The normalized spacial score (nSPS) is 13.8. The lowest BCUT2D eigenvalue weighted by Crippen LogP contribution is -2.34. The number of rotatable bonds is 3. The first-order valence-electron chi connectivity index (χ1n) is 5.56. The fraction of sp³-hybridized carbons (Fsp3) is 0.500. The number of hydrogen-bond donors (Lipinski definition) is 1. The number of aromatic nitrogens is 4. The van der Waals surface area contributed by atoms with Crippen molar-refractivity contribution >= 4 is 23.2 Å². The molecule has 0 bridgehead atoms. The van der Waals surface area contributed by atoms with Crippen molar-refractivity contribution in [1.82, 2.24) is 19.6 Å². The Morgan fingerprint density at radius 3 is 2.74 bits per heavy atom. The van der Waals surface area contributed by atoms with E-state index in [9.17, 15) is 13.2 Å². The zero-order valence-corrected chi connectivity index (χ0v) is 10.9. The molecule has 0 radical (unpaired) electrons. The Bertz CT molecular complexity index is 595. The zero-order chi connectivity index (χ0) is 14.2. The molecule has 19 heavy (non-hydrogen) atoms. The maximum absolute atomic E-state index is 12.6. The third-order valence-electron chi connectivity index (χ3n) is 2.67. The van der Waals surface area contributed by atoms with Gasteiger partial charge in [0.05, 0.1) is 0 Å². The van der Waals surface area contributed by atoms with Crippen LogP contribution in [0.15, 0.2) is 6.33 Å². The van der Waals surface area contributed by atoms with Crippen molar-refractivity contribution in [3.05, 3.63) is 17.0 Å². The molecule has 5 nitrogen and oxygen atoms in total. The van der Waals surface area contributed by atoms with Gasteiger partial charge in [-0.05, 0) is 13.3 Å². The Kier molecular flexibility index (Phi) is 3.53. The van der Waals surface area contributed by atoms with Gasteiger partial charge < -0.3 is 5.32 Å². The smallest absolute Gasteiger partial charge is 0.358 e. The molecule has 0 fully saturated rings. The van der Waals surface area contributed by atoms with Gasteiger partial charge in [0.2, 0.25) is 0 Å². The molecule has 2 rings (SSSR count). The van der Waals surface area contributed by atoms with Crippen molar-refractivity contribution in [3.8, 4) is 0 Å². The molecule has 0 unspecified atom stereocenters. The fourth-order valence-electron chi connectivity index (χ4n) is 1.60. The minimum absolute atomic E-state index is 0.125. The zero-order valence-electron chi connectivity index (χ0n) is 10.2. The summed E-state index contributed by atoms with van der Waals surface area (Å²) in [5.74, 6) is 0.318. The first-order chi connectivity index (χ1) is 8.84. The lowest BCUT2D eigenvalue weighted by atomic mass is 10.2. The van der Waals surface area contributed by atoms with Crippen LogP contribution in [0.4, 0.5) is 19.0 Å². The van der Waals surface area contributed by atoms with E-state index in [0.717, 1.165) is 6.92 Å². The third kappa shape index (κ3) is 2.58. The van der Waals surface area contributed by atoms with Crippen molar-refractivity contribution in [2.45, 2.75) is 32.5 Å². The summed E-state index contributed by atoms with van der Waals surface area (Å²) in [4.78, 5) is 7.79. The van der Waals surface area contributed by atoms with E-state index in [1.54, 1.807) is 6.92 Å². The summed E-state index contributed by atoms with van der Waals surface area (Å²) in [5, 5.41) is 6.37. The van der Waals surface area contributed by atoms with Gasteiger partial charge in [0.25, 0.3) is 5.78 Å². The van der Waals surface area contributed by atoms with E-state index in [2.05, 4.69) is 20.4 Å². The second-order valence-corrected chi connectivity index (χ2v) is 4.32. The molecule has 0 amide bonds. The Labute approximate surface area is 111 Å². The van der Waals surface area contributed by atoms with Gasteiger partial charge in [-0.1, -0.05) is 18.5 Å². The Hall–Kier alpha value is -1.57. The first kappa shape index (κ1) is 13.9. The van der Waals surface area contributed by atoms with Crippen LogP contribution in [0.5, 0.6) is 0 Å². The Balaban J connectivity index is 2.53. The maximum Gasteiger partial charge on any atom is 0.408 e. The van der Waals surface area contributed by atoms with E-state index in [1.165, 1.54) is 10.8 Å². The molecule has 2 aromatic rings. The van der Waals surface area contributed by atoms with E-state index in [0.29, 0.717) is 12.0 Å². The summed E-state index contributed by atoms with van der Waals surface area (Å²) in [7, 11) is 0. The topological polar surface area (TPSA) is 55.1 Å². The van der Waals surface area contributed by atoms with E-state index < -0.39 is 12.2 Å². The second kappa shape index (κ2) is 4.84. The maximum atomic E-state index is 12.6. The summed E-state index contributed by atoms with van der Waals surface area (Å²) in [5.41, 5.74) is 0.468. The second-order valence-electron chi connectivity index (χ2n) is 3.96. The molecule has 0 aliphatic heterocycles. The predicted octanol–water partition coefficient (Wildman–Crippen LogP) is 2.70. The molecule has 0 aliphatic rings. The molecule has 0 saturated heterocycles. The van der Waals surface area contributed by atoms with Gasteiger partial charge in [-0.15, -0.1) is 0 Å². The standard InChI is InChI=1S/C10H11ClF3N5/c1-3-6-7(11)18-9-15-4-16-19(9)8(6)17-5(2)10(12,13)14/h4-5,17H,3H2,1-2H3/t5-/m0/s1. The van der Waals surface area contributed by atoms with Crippen LogP contribution in [-0.2, 0) is 6.42 Å². The van der Waals surface area contributed by atoms with Crippen LogP contribution in [0, 0.1) is 0 Å². The minimum atomic E-state index is -4.37. The minimum Gasteiger partial charge on any atom is -0.358 e. The molecule has 0 aromatic carbocycles. The van der Waals surface area contributed by atoms with Gasteiger partial charge in [-0.2, -0.15) is 32.8 Å². The largest absolute Gasteiger partial charge is 0.408 e. The summed E-state index contributed by atoms with van der Waals surface area (Å²) < 4.78 is 39.1. The molecule has 1 atom stereocenters. The number of nitrogens with zero attached hydrogens (tertiary/aromatic N) is 4. The van der Waals surface area contributed by atoms with Crippen molar-refractivity contribution in [1.29, 1.82) is 0 Å². The number of alkyl halides is 3. The summed E-state index contributed by atoms with van der Waals surface area (Å²) in [6.07, 6.45) is -2.73. The fourth-order valence-corrected chi connectivity index (χ4v) is 1.90. The quantitative estimate of drug-likeness (QED) is 0.884. The van der Waals surface area contributed by atoms with E-state index in [-0.39, 0.29) is 16.7 Å². The van der Waals surface area contributed by atoms with Crippen molar-refractivity contribution < 1.29 is 13.2 Å². The van der Waals surface area contributed by atoms with Gasteiger partial charge in [-0.3, -0.25) is 0 Å². The van der Waals surface area contributed by atoms with E-state index in [4.69, 9.17) is 11.6 Å². The lowest BCUT2D eigenvalue weighted by molar-refractivity contribution is -0.138. The lowest BCUT2D eigenvalue weighted by Gasteiger charge is -2.20. The van der Waals surface area contributed by atoms with Gasteiger partial charge in [0.1, 0.15) is 23.3 Å². The molecule has 2 heterocycles. The number of hydrogen-bond acceptors (Lipinski definition) is 4. The molecular weight excluding hydrogens is 283 g/mol. The van der Waals surface area contributed by atoms with Crippen LogP contribution in [0.2, 0.25) is 5.15 Å². The first-order valence-corrected chi connectivity index (χ1v) is 5.93. The monoisotopic (exact) mass is 293 g/mol. The van der Waals surface area contributed by atoms with Crippen LogP contribution < -0.4 is 5.32 Å². The third-order valence-corrected chi connectivity index (χ3v) is 2.98. The van der Waals surface area contributed by atoms with Crippen molar-refractivity contribution in [3.63, 3.8) is 0 Å². The van der Waals surface area contributed by atoms with Crippen LogP contribution in [0.25, 0.3) is 5.78 Å². The van der Waals surface area contributed by atoms with Crippen molar-refractivity contribution in [2.75, 3.05) is 5.32 Å². The number of nitrogens with one attached hydrogen (secondary N) is 1.